The zero-order chi connectivity index (χ0) is 15.6. The van der Waals surface area contributed by atoms with E-state index in [4.69, 9.17) is 9.15 Å². The molecule has 8 heteroatoms. The zero-order valence-electron chi connectivity index (χ0n) is 12.2. The molecule has 1 aliphatic heterocycles. The summed E-state index contributed by atoms with van der Waals surface area (Å²) in [5.41, 5.74) is -1.12. The Hall–Kier alpha value is -2.09. The van der Waals surface area contributed by atoms with E-state index in [2.05, 4.69) is 15.6 Å². The first kappa shape index (κ1) is 15.3. The molecule has 116 valence electrons. The van der Waals surface area contributed by atoms with Crippen molar-refractivity contribution in [3.05, 3.63) is 17.8 Å². The quantitative estimate of drug-likeness (QED) is 0.758. The number of hydrogen-bond donors (Lipinski definition) is 3. The summed E-state index contributed by atoms with van der Waals surface area (Å²) in [4.78, 5) is 27.3. The first-order valence-electron chi connectivity index (χ1n) is 6.63. The fraction of sp³-hybridized carbons (Fsp3) is 0.615. The van der Waals surface area contributed by atoms with Crippen LogP contribution in [0.4, 0.5) is 4.79 Å². The normalized spacial score (nSPS) is 26.3. The molecule has 1 aromatic heterocycles. The van der Waals surface area contributed by atoms with E-state index in [-0.39, 0.29) is 13.2 Å². The lowest BCUT2D eigenvalue weighted by atomic mass is 9.85. The molecule has 1 aromatic rings. The number of hydrogen-bond acceptors (Lipinski definition) is 5. The van der Waals surface area contributed by atoms with Gasteiger partial charge in [-0.15, -0.1) is 0 Å². The lowest BCUT2D eigenvalue weighted by Gasteiger charge is -2.26. The monoisotopic (exact) mass is 297 g/mol. The Bertz CT molecular complexity index is 544. The summed E-state index contributed by atoms with van der Waals surface area (Å²) in [6, 6.07) is -1.49. The number of amides is 2. The van der Waals surface area contributed by atoms with Gasteiger partial charge in [-0.05, 0) is 20.8 Å². The van der Waals surface area contributed by atoms with Gasteiger partial charge in [-0.1, -0.05) is 0 Å². The maximum absolute atomic E-state index is 12.0. The molecule has 21 heavy (non-hydrogen) atoms. The number of aromatic nitrogens is 1. The number of rotatable bonds is 4. The van der Waals surface area contributed by atoms with Crippen LogP contribution >= 0.6 is 0 Å². The number of carbonyl (C=O) groups is 2. The number of carbonyl (C=O) groups excluding carboxylic acids is 1. The number of carboxylic acid groups (broad SMARTS) is 1. The van der Waals surface area contributed by atoms with E-state index in [9.17, 15) is 14.7 Å². The fourth-order valence-electron chi connectivity index (χ4n) is 2.12. The molecule has 8 nitrogen and oxygen atoms in total. The van der Waals surface area contributed by atoms with Gasteiger partial charge in [-0.25, -0.2) is 9.78 Å². The number of ether oxygens (including phenoxy) is 1. The molecule has 0 bridgehead atoms. The van der Waals surface area contributed by atoms with E-state index in [0.29, 0.717) is 11.7 Å². The smallest absolute Gasteiger partial charge is 0.315 e. The third kappa shape index (κ3) is 3.15. The van der Waals surface area contributed by atoms with Crippen molar-refractivity contribution in [2.24, 2.45) is 5.41 Å². The molecule has 3 N–H and O–H groups in total. The zero-order valence-corrected chi connectivity index (χ0v) is 12.2. The maximum atomic E-state index is 12.0. The average Bonchev–Trinajstić information content (AvgIpc) is 2.97. The minimum Gasteiger partial charge on any atom is -0.481 e. The second-order valence-corrected chi connectivity index (χ2v) is 5.44. The molecule has 3 atom stereocenters. The third-order valence-electron chi connectivity index (χ3n) is 3.61. The lowest BCUT2D eigenvalue weighted by molar-refractivity contribution is -0.148. The summed E-state index contributed by atoms with van der Waals surface area (Å²) in [6.45, 7) is 5.28. The molecule has 2 heterocycles. The summed E-state index contributed by atoms with van der Waals surface area (Å²) in [7, 11) is 0. The Labute approximate surface area is 121 Å². The Morgan fingerprint density at radius 2 is 2.29 bits per heavy atom. The summed E-state index contributed by atoms with van der Waals surface area (Å²) in [5, 5.41) is 14.5. The van der Waals surface area contributed by atoms with Crippen molar-refractivity contribution in [3.63, 3.8) is 0 Å². The predicted molar refractivity (Wildman–Crippen MR) is 71.7 cm³/mol. The van der Waals surface area contributed by atoms with Gasteiger partial charge in [0.25, 0.3) is 0 Å². The van der Waals surface area contributed by atoms with E-state index in [1.807, 2.05) is 0 Å². The van der Waals surface area contributed by atoms with Crippen molar-refractivity contribution in [3.8, 4) is 0 Å². The minimum atomic E-state index is -1.12. The number of carboxylic acids is 1. The maximum Gasteiger partial charge on any atom is 0.315 e. The molecule has 2 amide bonds. The highest BCUT2D eigenvalue weighted by Crippen LogP contribution is 2.28. The SMILES string of the molecule is Cc1cnc(C(C)NC(=O)NC2COCC2(C)C(=O)O)o1. The van der Waals surface area contributed by atoms with Crippen LogP contribution in [0.5, 0.6) is 0 Å². The fourth-order valence-corrected chi connectivity index (χ4v) is 2.12. The molecule has 0 aromatic carbocycles. The number of nitrogens with zero attached hydrogens (tertiary/aromatic N) is 1. The van der Waals surface area contributed by atoms with Crippen LogP contribution in [0, 0.1) is 12.3 Å². The second-order valence-electron chi connectivity index (χ2n) is 5.44. The van der Waals surface area contributed by atoms with Gasteiger partial charge in [-0.2, -0.15) is 0 Å². The van der Waals surface area contributed by atoms with E-state index >= 15 is 0 Å². The van der Waals surface area contributed by atoms with E-state index in [1.54, 1.807) is 27.0 Å². The van der Waals surface area contributed by atoms with Crippen LogP contribution in [0.2, 0.25) is 0 Å². The van der Waals surface area contributed by atoms with Crippen molar-refractivity contribution in [2.75, 3.05) is 13.2 Å². The topological polar surface area (TPSA) is 114 Å². The number of urea groups is 1. The van der Waals surface area contributed by atoms with Gasteiger partial charge >= 0.3 is 12.0 Å². The molecular weight excluding hydrogens is 278 g/mol. The molecule has 3 unspecified atom stereocenters. The number of nitrogens with one attached hydrogen (secondary N) is 2. The molecule has 1 fully saturated rings. The van der Waals surface area contributed by atoms with Gasteiger partial charge in [0.2, 0.25) is 5.89 Å². The number of oxazole rings is 1. The highest BCUT2D eigenvalue weighted by Gasteiger charge is 2.47. The van der Waals surface area contributed by atoms with Crippen molar-refractivity contribution in [1.29, 1.82) is 0 Å². The van der Waals surface area contributed by atoms with Crippen LogP contribution < -0.4 is 10.6 Å². The molecule has 0 spiro atoms. The van der Waals surface area contributed by atoms with Crippen molar-refractivity contribution in [1.82, 2.24) is 15.6 Å². The predicted octanol–water partition coefficient (Wildman–Crippen LogP) is 0.833. The van der Waals surface area contributed by atoms with Crippen LogP contribution in [-0.4, -0.2) is 41.3 Å². The van der Waals surface area contributed by atoms with E-state index < -0.39 is 29.5 Å². The molecule has 0 saturated carbocycles. The Morgan fingerprint density at radius 3 is 2.86 bits per heavy atom. The van der Waals surface area contributed by atoms with Gasteiger partial charge in [0.1, 0.15) is 17.2 Å². The highest BCUT2D eigenvalue weighted by atomic mass is 16.5. The minimum absolute atomic E-state index is 0.0712. The van der Waals surface area contributed by atoms with Gasteiger partial charge in [0.05, 0.1) is 25.5 Å². The Kier molecular flexibility index (Phi) is 4.17. The van der Waals surface area contributed by atoms with Crippen LogP contribution in [0.25, 0.3) is 0 Å². The Morgan fingerprint density at radius 1 is 1.57 bits per heavy atom. The largest absolute Gasteiger partial charge is 0.481 e. The first-order chi connectivity index (χ1) is 9.83. The molecule has 1 aliphatic rings. The van der Waals surface area contributed by atoms with E-state index in [0.717, 1.165) is 0 Å². The van der Waals surface area contributed by atoms with Crippen LogP contribution in [0.15, 0.2) is 10.6 Å². The molecule has 2 rings (SSSR count). The van der Waals surface area contributed by atoms with Crippen LogP contribution in [-0.2, 0) is 9.53 Å². The third-order valence-corrected chi connectivity index (χ3v) is 3.61. The van der Waals surface area contributed by atoms with Crippen LogP contribution in [0.3, 0.4) is 0 Å². The molecular formula is C13H19N3O5. The van der Waals surface area contributed by atoms with Gasteiger partial charge in [0.15, 0.2) is 0 Å². The summed E-state index contributed by atoms with van der Waals surface area (Å²) in [5.74, 6) is 0.0506. The van der Waals surface area contributed by atoms with Gasteiger partial charge in [-0.3, -0.25) is 4.79 Å². The summed E-state index contributed by atoms with van der Waals surface area (Å²) in [6.07, 6.45) is 1.57. The number of aliphatic carboxylic acids is 1. The van der Waals surface area contributed by atoms with Gasteiger partial charge in [0, 0.05) is 0 Å². The van der Waals surface area contributed by atoms with Crippen molar-refractivity contribution in [2.45, 2.75) is 32.9 Å². The van der Waals surface area contributed by atoms with Crippen molar-refractivity contribution >= 4 is 12.0 Å². The standard InChI is InChI=1S/C13H19N3O5/c1-7-4-14-10(21-7)8(2)15-12(19)16-9-5-20-6-13(9,3)11(17)18/h4,8-9H,5-6H2,1-3H3,(H,17,18)(H2,15,16,19). The number of aryl methyl sites for hydroxylation is 1. The van der Waals surface area contributed by atoms with Crippen LogP contribution in [0.1, 0.15) is 31.5 Å². The molecule has 0 radical (unpaired) electrons. The summed E-state index contributed by atoms with van der Waals surface area (Å²) >= 11 is 0. The average molecular weight is 297 g/mol. The lowest BCUT2D eigenvalue weighted by Crippen LogP contribution is -2.52. The van der Waals surface area contributed by atoms with Gasteiger partial charge < -0.3 is 24.9 Å². The van der Waals surface area contributed by atoms with Crippen molar-refractivity contribution < 1.29 is 23.8 Å². The first-order valence-corrected chi connectivity index (χ1v) is 6.63. The summed E-state index contributed by atoms with van der Waals surface area (Å²) < 4.78 is 10.5. The molecule has 0 aliphatic carbocycles. The van der Waals surface area contributed by atoms with E-state index in [1.165, 1.54) is 0 Å². The highest BCUT2D eigenvalue weighted by molar-refractivity contribution is 5.79. The Balaban J connectivity index is 1.94. The molecule has 1 saturated heterocycles. The second kappa shape index (κ2) is 5.72.